The minimum Gasteiger partial charge on any atom is -0.444 e. The van der Waals surface area contributed by atoms with Gasteiger partial charge in [-0.2, -0.15) is 5.10 Å². The van der Waals surface area contributed by atoms with Crippen molar-refractivity contribution < 1.29 is 9.53 Å². The van der Waals surface area contributed by atoms with Crippen LogP contribution >= 0.6 is 11.3 Å². The Morgan fingerprint density at radius 1 is 1.10 bits per heavy atom. The van der Waals surface area contributed by atoms with Crippen LogP contribution in [-0.2, 0) is 18.3 Å². The van der Waals surface area contributed by atoms with Gasteiger partial charge in [-0.15, -0.1) is 11.3 Å². The molecule has 0 aliphatic heterocycles. The van der Waals surface area contributed by atoms with Gasteiger partial charge in [0.15, 0.2) is 11.5 Å². The maximum atomic E-state index is 12.3. The predicted molar refractivity (Wildman–Crippen MR) is 158 cm³/mol. The van der Waals surface area contributed by atoms with Crippen LogP contribution in [0.4, 0.5) is 16.3 Å². The van der Waals surface area contributed by atoms with Gasteiger partial charge >= 0.3 is 6.09 Å². The molecule has 6 rings (SSSR count). The van der Waals surface area contributed by atoms with Crippen molar-refractivity contribution in [2.75, 3.05) is 5.32 Å². The Bertz CT molecular complexity index is 1810. The third-order valence-electron chi connectivity index (χ3n) is 6.23. The monoisotopic (exact) mass is 567 g/mol. The summed E-state index contributed by atoms with van der Waals surface area (Å²) in [7, 11) is 1.88. The molecule has 11 nitrogen and oxygen atoms in total. The van der Waals surface area contributed by atoms with Crippen molar-refractivity contribution in [1.29, 1.82) is 0 Å². The number of alkyl carbamates (subject to hydrolysis) is 1. The van der Waals surface area contributed by atoms with Gasteiger partial charge in [-0.05, 0) is 62.0 Å². The second-order valence-electron chi connectivity index (χ2n) is 10.5. The van der Waals surface area contributed by atoms with E-state index in [1.165, 1.54) is 0 Å². The van der Waals surface area contributed by atoms with Crippen molar-refractivity contribution in [2.45, 2.75) is 32.9 Å². The largest absolute Gasteiger partial charge is 0.444 e. The van der Waals surface area contributed by atoms with Crippen LogP contribution in [0.1, 0.15) is 26.3 Å². The van der Waals surface area contributed by atoms with Gasteiger partial charge in [-0.25, -0.2) is 19.7 Å². The molecule has 0 aliphatic carbocycles. The molecule has 0 saturated carbocycles. The first-order valence-electron chi connectivity index (χ1n) is 13.0. The number of carbonyl (C=O) groups is 1. The number of nitrogens with zero attached hydrogens (tertiary/aromatic N) is 7. The number of fused-ring (bicyclic) bond motifs is 1. The van der Waals surface area contributed by atoms with Crippen molar-refractivity contribution in [3.63, 3.8) is 0 Å². The number of amides is 1. The standard InChI is InChI=1S/C29H29N9O2S/c1-29(2,3)40-28(39)32-13-19-9-12-41-25(19)23-17-38-24(20-14-33-36(4)16-20)15-31-27(38)26(35-23)34-21-5-7-22(8-6-21)37-11-10-30-18-37/h5-12,14-18H,13H2,1-4H3,(H,32,39)(H,34,35). The SMILES string of the molecule is Cn1cc(-c2cnc3c(Nc4ccc(-n5ccnc5)cc4)nc(-c4sccc4CNC(=O)OC(C)(C)C)cn23)cn1. The lowest BCUT2D eigenvalue weighted by Crippen LogP contribution is -2.32. The zero-order valence-electron chi connectivity index (χ0n) is 23.1. The van der Waals surface area contributed by atoms with E-state index < -0.39 is 11.7 Å². The van der Waals surface area contributed by atoms with Gasteiger partial charge in [0.2, 0.25) is 0 Å². The molecule has 12 heteroatoms. The zero-order chi connectivity index (χ0) is 28.6. The lowest BCUT2D eigenvalue weighted by atomic mass is 10.2. The number of anilines is 2. The van der Waals surface area contributed by atoms with Gasteiger partial charge in [-0.1, -0.05) is 0 Å². The summed E-state index contributed by atoms with van der Waals surface area (Å²) in [4.78, 5) is 27.1. The van der Waals surface area contributed by atoms with E-state index in [-0.39, 0.29) is 0 Å². The average Bonchev–Trinajstić information content (AvgIpc) is 3.74. The van der Waals surface area contributed by atoms with Crippen LogP contribution in [0.25, 0.3) is 33.2 Å². The molecule has 0 radical (unpaired) electrons. The van der Waals surface area contributed by atoms with Crippen molar-refractivity contribution in [1.82, 2.24) is 39.0 Å². The maximum absolute atomic E-state index is 12.3. The molecule has 0 spiro atoms. The van der Waals surface area contributed by atoms with E-state index in [4.69, 9.17) is 14.7 Å². The third kappa shape index (κ3) is 5.68. The molecule has 0 aliphatic rings. The number of hydrogen-bond acceptors (Lipinski definition) is 8. The zero-order valence-corrected chi connectivity index (χ0v) is 23.9. The van der Waals surface area contributed by atoms with E-state index in [2.05, 4.69) is 20.7 Å². The Balaban J connectivity index is 1.37. The van der Waals surface area contributed by atoms with Crippen LogP contribution in [0, 0.1) is 0 Å². The van der Waals surface area contributed by atoms with Crippen molar-refractivity contribution in [2.24, 2.45) is 7.05 Å². The second kappa shape index (κ2) is 10.5. The van der Waals surface area contributed by atoms with Gasteiger partial charge in [0.1, 0.15) is 5.60 Å². The highest BCUT2D eigenvalue weighted by Gasteiger charge is 2.19. The molecule has 6 aromatic rings. The molecule has 5 aromatic heterocycles. The maximum Gasteiger partial charge on any atom is 0.407 e. The number of nitrogens with one attached hydrogen (secondary N) is 2. The van der Waals surface area contributed by atoms with Gasteiger partial charge in [0.05, 0.1) is 35.0 Å². The van der Waals surface area contributed by atoms with Gasteiger partial charge < -0.3 is 19.9 Å². The topological polar surface area (TPSA) is 116 Å². The minimum atomic E-state index is -0.574. The fourth-order valence-electron chi connectivity index (χ4n) is 4.40. The highest BCUT2D eigenvalue weighted by Crippen LogP contribution is 2.33. The van der Waals surface area contributed by atoms with E-state index in [1.54, 1.807) is 28.5 Å². The molecular formula is C29H29N9O2S. The van der Waals surface area contributed by atoms with Crippen molar-refractivity contribution in [3.8, 4) is 27.5 Å². The predicted octanol–water partition coefficient (Wildman–Crippen LogP) is 5.81. The quantitative estimate of drug-likeness (QED) is 0.250. The van der Waals surface area contributed by atoms with Crippen LogP contribution in [0.5, 0.6) is 0 Å². The van der Waals surface area contributed by atoms with Crippen molar-refractivity contribution in [3.05, 3.63) is 84.8 Å². The van der Waals surface area contributed by atoms with E-state index >= 15 is 0 Å². The molecule has 41 heavy (non-hydrogen) atoms. The minimum absolute atomic E-state index is 0.311. The third-order valence-corrected chi connectivity index (χ3v) is 7.21. The normalized spacial score (nSPS) is 11.6. The summed E-state index contributed by atoms with van der Waals surface area (Å²) >= 11 is 1.56. The molecule has 0 fully saturated rings. The van der Waals surface area contributed by atoms with Crippen LogP contribution in [0.3, 0.4) is 0 Å². The van der Waals surface area contributed by atoms with Gasteiger partial charge in [-0.3, -0.25) is 9.08 Å². The summed E-state index contributed by atoms with van der Waals surface area (Å²) in [5, 5.41) is 12.7. The molecule has 2 N–H and O–H groups in total. The fraction of sp³-hybridized carbons (Fsp3) is 0.207. The molecule has 0 bridgehead atoms. The Kier molecular flexibility index (Phi) is 6.75. The van der Waals surface area contributed by atoms with E-state index in [1.807, 2.05) is 103 Å². The van der Waals surface area contributed by atoms with E-state index in [0.29, 0.717) is 18.0 Å². The summed E-state index contributed by atoms with van der Waals surface area (Å²) in [5.41, 5.74) is 5.47. The lowest BCUT2D eigenvalue weighted by molar-refractivity contribution is 0.0523. The van der Waals surface area contributed by atoms with Crippen LogP contribution in [-0.4, -0.2) is 45.4 Å². The number of imidazole rings is 2. The van der Waals surface area contributed by atoms with Gasteiger partial charge in [0, 0.05) is 55.3 Å². The van der Waals surface area contributed by atoms with Crippen LogP contribution in [0.2, 0.25) is 0 Å². The number of ether oxygens (including phenoxy) is 1. The Morgan fingerprint density at radius 3 is 2.63 bits per heavy atom. The van der Waals surface area contributed by atoms with Crippen LogP contribution in [0.15, 0.2) is 79.2 Å². The van der Waals surface area contributed by atoms with Crippen LogP contribution < -0.4 is 10.6 Å². The van der Waals surface area contributed by atoms with Crippen molar-refractivity contribution >= 4 is 34.6 Å². The molecule has 1 aromatic carbocycles. The summed E-state index contributed by atoms with van der Waals surface area (Å²) in [6, 6.07) is 9.99. The fourth-order valence-corrected chi connectivity index (χ4v) is 5.27. The highest BCUT2D eigenvalue weighted by atomic mass is 32.1. The van der Waals surface area contributed by atoms with E-state index in [0.717, 1.165) is 38.8 Å². The average molecular weight is 568 g/mol. The number of rotatable bonds is 7. The first kappa shape index (κ1) is 26.3. The smallest absolute Gasteiger partial charge is 0.407 e. The summed E-state index contributed by atoms with van der Waals surface area (Å²) < 4.78 is 11.1. The van der Waals surface area contributed by atoms with Gasteiger partial charge in [0.25, 0.3) is 0 Å². The number of aromatic nitrogens is 7. The molecule has 1 amide bonds. The highest BCUT2D eigenvalue weighted by molar-refractivity contribution is 7.13. The first-order valence-corrected chi connectivity index (χ1v) is 13.9. The summed E-state index contributed by atoms with van der Waals surface area (Å²) in [6.45, 7) is 5.83. The summed E-state index contributed by atoms with van der Waals surface area (Å²) in [5.74, 6) is 0.604. The Hall–Kier alpha value is -4.97. The Labute approximate surface area is 240 Å². The number of benzene rings is 1. The molecule has 0 unspecified atom stereocenters. The molecule has 5 heterocycles. The number of aryl methyl sites for hydroxylation is 1. The summed E-state index contributed by atoms with van der Waals surface area (Å²) in [6.07, 6.45) is 12.5. The Morgan fingerprint density at radius 2 is 1.93 bits per heavy atom. The molecule has 0 saturated heterocycles. The number of thiophene rings is 1. The molecule has 208 valence electrons. The second-order valence-corrected chi connectivity index (χ2v) is 11.4. The lowest BCUT2D eigenvalue weighted by Gasteiger charge is -2.19. The number of hydrogen-bond donors (Lipinski definition) is 2. The van der Waals surface area contributed by atoms with E-state index in [9.17, 15) is 4.79 Å². The molecular weight excluding hydrogens is 538 g/mol. The first-order chi connectivity index (χ1) is 19.7. The number of carbonyl (C=O) groups excluding carboxylic acids is 1. The molecule has 0 atom stereocenters.